The number of nitrogens with one attached hydrogen (secondary N) is 1. The van der Waals surface area contributed by atoms with Gasteiger partial charge < -0.3 is 14.4 Å². The number of hydrazone groups is 1. The number of hydrogen-bond acceptors (Lipinski definition) is 7. The summed E-state index contributed by atoms with van der Waals surface area (Å²) < 4.78 is 11.5. The number of ether oxygens (including phenoxy) is 2. The Labute approximate surface area is 198 Å². The summed E-state index contributed by atoms with van der Waals surface area (Å²) >= 11 is 0. The lowest BCUT2D eigenvalue weighted by molar-refractivity contribution is 0.0320. The summed E-state index contributed by atoms with van der Waals surface area (Å²) in [7, 11) is 0. The molecule has 1 aromatic heterocycles. The molecule has 1 aliphatic heterocycles. The van der Waals surface area contributed by atoms with Crippen LogP contribution in [0.25, 0.3) is 0 Å². The summed E-state index contributed by atoms with van der Waals surface area (Å²) in [5.74, 6) is 0.644. The van der Waals surface area contributed by atoms with Gasteiger partial charge in [0.15, 0.2) is 0 Å². The second kappa shape index (κ2) is 13.2. The first-order chi connectivity index (χ1) is 16.1. The van der Waals surface area contributed by atoms with Crippen LogP contribution in [0.1, 0.15) is 43.5 Å². The lowest BCUT2D eigenvalue weighted by Gasteiger charge is -2.26. The maximum Gasteiger partial charge on any atom is 0.215 e. The monoisotopic (exact) mass is 453 g/mol. The molecule has 2 aromatic rings. The van der Waals surface area contributed by atoms with Gasteiger partial charge in [-0.15, -0.1) is 0 Å². The van der Waals surface area contributed by atoms with Crippen molar-refractivity contribution < 1.29 is 9.47 Å². The molecule has 0 bridgehead atoms. The summed E-state index contributed by atoms with van der Waals surface area (Å²) in [4.78, 5) is 9.46. The molecule has 7 heteroatoms. The summed E-state index contributed by atoms with van der Waals surface area (Å²) in [5.41, 5.74) is 8.50. The molecule has 0 spiro atoms. The van der Waals surface area contributed by atoms with E-state index in [1.807, 2.05) is 6.07 Å². The highest BCUT2D eigenvalue weighted by Gasteiger charge is 2.12. The largest absolute Gasteiger partial charge is 0.476 e. The molecule has 7 nitrogen and oxygen atoms in total. The standard InChI is InChI=1S/C26H39N5O2/c1-5-9-31(10-6-2)25-18-24(20-27-29-23-8-7-21(3)22(4)17-23)28-26(19-25)33-16-13-30-11-14-32-15-12-30/h7-8,17-20,29H,5-6,9-16H2,1-4H3/b27-20+. The highest BCUT2D eigenvalue weighted by molar-refractivity contribution is 5.80. The summed E-state index contributed by atoms with van der Waals surface area (Å²) in [6.07, 6.45) is 3.95. The van der Waals surface area contributed by atoms with E-state index in [9.17, 15) is 0 Å². The van der Waals surface area contributed by atoms with Crippen molar-refractivity contribution in [3.63, 3.8) is 0 Å². The molecule has 1 aliphatic rings. The highest BCUT2D eigenvalue weighted by Crippen LogP contribution is 2.22. The van der Waals surface area contributed by atoms with Crippen molar-refractivity contribution in [1.29, 1.82) is 0 Å². The SMILES string of the molecule is CCCN(CCC)c1cc(/C=N/Nc2ccc(C)c(C)c2)nc(OCCN2CCOCC2)c1. The van der Waals surface area contributed by atoms with Crippen molar-refractivity contribution in [3.8, 4) is 5.88 Å². The predicted octanol–water partition coefficient (Wildman–Crippen LogP) is 4.48. The van der Waals surface area contributed by atoms with E-state index in [-0.39, 0.29) is 0 Å². The summed E-state index contributed by atoms with van der Waals surface area (Å²) in [5, 5.41) is 4.44. The Morgan fingerprint density at radius 2 is 1.85 bits per heavy atom. The number of anilines is 2. The van der Waals surface area contributed by atoms with Gasteiger partial charge in [0.05, 0.1) is 30.8 Å². The number of aromatic nitrogens is 1. The molecular formula is C26H39N5O2. The van der Waals surface area contributed by atoms with Crippen LogP contribution in [0, 0.1) is 13.8 Å². The van der Waals surface area contributed by atoms with Gasteiger partial charge in [-0.3, -0.25) is 10.3 Å². The van der Waals surface area contributed by atoms with Gasteiger partial charge in [-0.25, -0.2) is 4.98 Å². The van der Waals surface area contributed by atoms with Crippen LogP contribution in [0.15, 0.2) is 35.4 Å². The first-order valence-corrected chi connectivity index (χ1v) is 12.1. The van der Waals surface area contributed by atoms with Gasteiger partial charge in [0.1, 0.15) is 6.61 Å². The molecule has 180 valence electrons. The molecule has 1 N–H and O–H groups in total. The van der Waals surface area contributed by atoms with Crippen LogP contribution in [-0.2, 0) is 4.74 Å². The van der Waals surface area contributed by atoms with Crippen LogP contribution >= 0.6 is 0 Å². The third kappa shape index (κ3) is 8.02. The maximum absolute atomic E-state index is 6.09. The van der Waals surface area contributed by atoms with Gasteiger partial charge in [0.25, 0.3) is 0 Å². The molecule has 2 heterocycles. The van der Waals surface area contributed by atoms with Crippen molar-refractivity contribution in [2.75, 3.05) is 62.9 Å². The van der Waals surface area contributed by atoms with E-state index < -0.39 is 0 Å². The van der Waals surface area contributed by atoms with Crippen molar-refractivity contribution in [2.24, 2.45) is 5.10 Å². The Balaban J connectivity index is 1.72. The zero-order valence-corrected chi connectivity index (χ0v) is 20.6. The van der Waals surface area contributed by atoms with Crippen molar-refractivity contribution >= 4 is 17.6 Å². The molecule has 33 heavy (non-hydrogen) atoms. The van der Waals surface area contributed by atoms with E-state index in [1.165, 1.54) is 11.1 Å². The molecule has 0 atom stereocenters. The van der Waals surface area contributed by atoms with Gasteiger partial charge in [0, 0.05) is 44.5 Å². The molecular weight excluding hydrogens is 414 g/mol. The molecule has 1 aromatic carbocycles. The quantitative estimate of drug-likeness (QED) is 0.378. The predicted molar refractivity (Wildman–Crippen MR) is 137 cm³/mol. The zero-order chi connectivity index (χ0) is 23.5. The second-order valence-corrected chi connectivity index (χ2v) is 8.55. The first kappa shape index (κ1) is 25.0. The van der Waals surface area contributed by atoms with Crippen molar-refractivity contribution in [3.05, 3.63) is 47.2 Å². The Kier molecular flexibility index (Phi) is 9.97. The number of nitrogens with zero attached hydrogens (tertiary/aromatic N) is 4. The van der Waals surface area contributed by atoms with Gasteiger partial charge in [-0.2, -0.15) is 5.10 Å². The van der Waals surface area contributed by atoms with E-state index in [4.69, 9.17) is 14.5 Å². The Bertz CT molecular complexity index is 890. The van der Waals surface area contributed by atoms with Crippen LogP contribution in [0.4, 0.5) is 11.4 Å². The molecule has 1 saturated heterocycles. The van der Waals surface area contributed by atoms with Crippen LogP contribution in [-0.4, -0.2) is 68.6 Å². The molecule has 0 saturated carbocycles. The lowest BCUT2D eigenvalue weighted by atomic mass is 10.1. The zero-order valence-electron chi connectivity index (χ0n) is 20.6. The average molecular weight is 454 g/mol. The van der Waals surface area contributed by atoms with Crippen molar-refractivity contribution in [1.82, 2.24) is 9.88 Å². The first-order valence-electron chi connectivity index (χ1n) is 12.1. The third-order valence-electron chi connectivity index (χ3n) is 5.82. The van der Waals surface area contributed by atoms with Crippen LogP contribution in [0.3, 0.4) is 0 Å². The second-order valence-electron chi connectivity index (χ2n) is 8.55. The molecule has 0 unspecified atom stereocenters. The Morgan fingerprint density at radius 1 is 1.09 bits per heavy atom. The normalized spacial score (nSPS) is 14.5. The number of morpholine rings is 1. The molecule has 3 rings (SSSR count). The van der Waals surface area contributed by atoms with E-state index in [1.54, 1.807) is 6.21 Å². The topological polar surface area (TPSA) is 62.2 Å². The molecule has 0 amide bonds. The van der Waals surface area contributed by atoms with Gasteiger partial charge in [0.2, 0.25) is 5.88 Å². The summed E-state index contributed by atoms with van der Waals surface area (Å²) in [6.45, 7) is 15.6. The number of hydrogen-bond donors (Lipinski definition) is 1. The van der Waals surface area contributed by atoms with Crippen LogP contribution < -0.4 is 15.1 Å². The van der Waals surface area contributed by atoms with Gasteiger partial charge in [-0.05, 0) is 56.0 Å². The fourth-order valence-corrected chi connectivity index (χ4v) is 3.83. The maximum atomic E-state index is 6.09. The number of aryl methyl sites for hydroxylation is 2. The minimum atomic E-state index is 0.607. The van der Waals surface area contributed by atoms with Crippen LogP contribution in [0.5, 0.6) is 5.88 Å². The fourth-order valence-electron chi connectivity index (χ4n) is 3.83. The van der Waals surface area contributed by atoms with Gasteiger partial charge in [-0.1, -0.05) is 19.9 Å². The molecule has 0 radical (unpaired) electrons. The van der Waals surface area contributed by atoms with E-state index in [0.717, 1.165) is 75.8 Å². The summed E-state index contributed by atoms with van der Waals surface area (Å²) in [6, 6.07) is 10.4. The fraction of sp³-hybridized carbons (Fsp3) is 0.538. The molecule has 1 fully saturated rings. The third-order valence-corrected chi connectivity index (χ3v) is 5.82. The minimum Gasteiger partial charge on any atom is -0.476 e. The van der Waals surface area contributed by atoms with E-state index in [0.29, 0.717) is 12.5 Å². The Morgan fingerprint density at radius 3 is 2.55 bits per heavy atom. The number of rotatable bonds is 12. The van der Waals surface area contributed by atoms with E-state index >= 15 is 0 Å². The molecule has 0 aliphatic carbocycles. The van der Waals surface area contributed by atoms with Crippen LogP contribution in [0.2, 0.25) is 0 Å². The van der Waals surface area contributed by atoms with E-state index in [2.05, 4.69) is 72.3 Å². The minimum absolute atomic E-state index is 0.607. The van der Waals surface area contributed by atoms with Crippen molar-refractivity contribution in [2.45, 2.75) is 40.5 Å². The lowest BCUT2D eigenvalue weighted by Crippen LogP contribution is -2.38. The smallest absolute Gasteiger partial charge is 0.215 e. The number of benzene rings is 1. The van der Waals surface area contributed by atoms with Gasteiger partial charge >= 0.3 is 0 Å². The highest BCUT2D eigenvalue weighted by atomic mass is 16.5. The number of pyridine rings is 1. The average Bonchev–Trinajstić information content (AvgIpc) is 2.82. The Hall–Kier alpha value is -2.64.